The van der Waals surface area contributed by atoms with Crippen LogP contribution in [0, 0.1) is 11.3 Å². The first-order chi connectivity index (χ1) is 12.6. The minimum absolute atomic E-state index is 0.459. The third-order valence-corrected chi connectivity index (χ3v) is 3.81. The highest BCUT2D eigenvalue weighted by Gasteiger charge is 2.14. The molecule has 2 aromatic rings. The Bertz CT molecular complexity index is 827. The number of methoxy groups -OCH3 is 5. The molecule has 0 aliphatic carbocycles. The van der Waals surface area contributed by atoms with Crippen LogP contribution in [0.1, 0.15) is 11.1 Å². The van der Waals surface area contributed by atoms with E-state index in [0.717, 1.165) is 5.56 Å². The third-order valence-electron chi connectivity index (χ3n) is 3.81. The normalized spacial score (nSPS) is 10.7. The molecule has 0 aromatic heterocycles. The van der Waals surface area contributed by atoms with Gasteiger partial charge in [-0.15, -0.1) is 0 Å². The average Bonchev–Trinajstić information content (AvgIpc) is 2.70. The molecule has 0 amide bonds. The molecule has 0 unspecified atom stereocenters. The molecule has 6 heteroatoms. The van der Waals surface area contributed by atoms with Crippen LogP contribution in [0.25, 0.3) is 11.6 Å². The molecule has 0 aliphatic rings. The molecule has 26 heavy (non-hydrogen) atoms. The van der Waals surface area contributed by atoms with Crippen molar-refractivity contribution in [2.75, 3.05) is 35.5 Å². The first kappa shape index (κ1) is 19.0. The smallest absolute Gasteiger partial charge is 0.203 e. The van der Waals surface area contributed by atoms with Crippen LogP contribution in [0.2, 0.25) is 0 Å². The van der Waals surface area contributed by atoms with Gasteiger partial charge in [0.1, 0.15) is 0 Å². The summed E-state index contributed by atoms with van der Waals surface area (Å²) in [5, 5.41) is 9.61. The summed E-state index contributed by atoms with van der Waals surface area (Å²) in [4.78, 5) is 0. The SMILES string of the molecule is COc1ccc(/C(C#N)=C/c2cc(OC)c(OC)c(OC)c2)cc1OC. The van der Waals surface area contributed by atoms with E-state index < -0.39 is 0 Å². The molecule has 136 valence electrons. The van der Waals surface area contributed by atoms with Gasteiger partial charge < -0.3 is 23.7 Å². The Morgan fingerprint density at radius 2 is 1.35 bits per heavy atom. The number of rotatable bonds is 7. The molecule has 0 radical (unpaired) electrons. The van der Waals surface area contributed by atoms with E-state index in [-0.39, 0.29) is 0 Å². The molecule has 0 atom stereocenters. The van der Waals surface area contributed by atoms with Gasteiger partial charge in [0, 0.05) is 0 Å². The molecule has 0 spiro atoms. The average molecular weight is 355 g/mol. The zero-order valence-electron chi connectivity index (χ0n) is 15.5. The Morgan fingerprint density at radius 1 is 0.769 bits per heavy atom. The van der Waals surface area contributed by atoms with Gasteiger partial charge in [-0.1, -0.05) is 0 Å². The Labute approximate surface area is 153 Å². The number of hydrogen-bond donors (Lipinski definition) is 0. The van der Waals surface area contributed by atoms with E-state index in [1.54, 1.807) is 72.0 Å². The van der Waals surface area contributed by atoms with Crippen molar-refractivity contribution in [1.29, 1.82) is 5.26 Å². The van der Waals surface area contributed by atoms with Crippen LogP contribution in [0.4, 0.5) is 0 Å². The Kier molecular flexibility index (Phi) is 6.34. The Hall–Kier alpha value is -3.33. The number of benzene rings is 2. The molecule has 0 aliphatic heterocycles. The molecular weight excluding hydrogens is 334 g/mol. The fraction of sp³-hybridized carbons (Fsp3) is 0.250. The van der Waals surface area contributed by atoms with Gasteiger partial charge in [0.25, 0.3) is 0 Å². The van der Waals surface area contributed by atoms with Gasteiger partial charge in [0.15, 0.2) is 23.0 Å². The second kappa shape index (κ2) is 8.67. The van der Waals surface area contributed by atoms with Crippen molar-refractivity contribution < 1.29 is 23.7 Å². The van der Waals surface area contributed by atoms with Crippen LogP contribution < -0.4 is 23.7 Å². The monoisotopic (exact) mass is 355 g/mol. The molecule has 6 nitrogen and oxygen atoms in total. The zero-order chi connectivity index (χ0) is 19.1. The number of hydrogen-bond acceptors (Lipinski definition) is 6. The minimum Gasteiger partial charge on any atom is -0.493 e. The van der Waals surface area contributed by atoms with Gasteiger partial charge in [-0.25, -0.2) is 0 Å². The molecular formula is C20H21NO5. The zero-order valence-corrected chi connectivity index (χ0v) is 15.5. The van der Waals surface area contributed by atoms with Crippen LogP contribution in [-0.2, 0) is 0 Å². The summed E-state index contributed by atoms with van der Waals surface area (Å²) in [7, 11) is 7.75. The van der Waals surface area contributed by atoms with E-state index >= 15 is 0 Å². The second-order valence-electron chi connectivity index (χ2n) is 5.20. The Balaban J connectivity index is 2.54. The summed E-state index contributed by atoms with van der Waals surface area (Å²) in [5.74, 6) is 2.68. The standard InChI is InChI=1S/C20H21NO5/c1-22-16-7-6-14(11-17(16)23-2)15(12-21)8-13-9-18(24-3)20(26-5)19(10-13)25-4/h6-11H,1-5H3/b15-8+. The van der Waals surface area contributed by atoms with Gasteiger partial charge in [0.05, 0.1) is 47.2 Å². The predicted molar refractivity (Wildman–Crippen MR) is 99.1 cm³/mol. The fourth-order valence-corrected chi connectivity index (χ4v) is 2.54. The number of allylic oxidation sites excluding steroid dienone is 1. The first-order valence-corrected chi connectivity index (χ1v) is 7.76. The molecule has 0 heterocycles. The van der Waals surface area contributed by atoms with Crippen LogP contribution in [0.5, 0.6) is 28.7 Å². The minimum atomic E-state index is 0.459. The molecule has 2 aromatic carbocycles. The van der Waals surface area contributed by atoms with Crippen molar-refractivity contribution in [2.45, 2.75) is 0 Å². The van der Waals surface area contributed by atoms with Crippen LogP contribution >= 0.6 is 0 Å². The molecule has 0 N–H and O–H groups in total. The summed E-state index contributed by atoms with van der Waals surface area (Å²) in [5.41, 5.74) is 1.91. The number of nitriles is 1. The van der Waals surface area contributed by atoms with Crippen molar-refractivity contribution in [1.82, 2.24) is 0 Å². The summed E-state index contributed by atoms with van der Waals surface area (Å²) in [6.07, 6.45) is 1.74. The highest BCUT2D eigenvalue weighted by molar-refractivity contribution is 5.90. The summed E-state index contributed by atoms with van der Waals surface area (Å²) >= 11 is 0. The van der Waals surface area contributed by atoms with Gasteiger partial charge >= 0.3 is 0 Å². The van der Waals surface area contributed by atoms with Crippen molar-refractivity contribution in [2.24, 2.45) is 0 Å². The van der Waals surface area contributed by atoms with Crippen LogP contribution in [0.15, 0.2) is 30.3 Å². The molecule has 0 bridgehead atoms. The van der Waals surface area contributed by atoms with Gasteiger partial charge in [0.2, 0.25) is 5.75 Å². The van der Waals surface area contributed by atoms with Crippen molar-refractivity contribution >= 4 is 11.6 Å². The molecule has 0 saturated heterocycles. The van der Waals surface area contributed by atoms with Crippen molar-refractivity contribution in [3.05, 3.63) is 41.5 Å². The lowest BCUT2D eigenvalue weighted by Crippen LogP contribution is -1.96. The second-order valence-corrected chi connectivity index (χ2v) is 5.20. The number of ether oxygens (including phenoxy) is 5. The fourth-order valence-electron chi connectivity index (χ4n) is 2.54. The van der Waals surface area contributed by atoms with Crippen LogP contribution in [-0.4, -0.2) is 35.5 Å². The van der Waals surface area contributed by atoms with Gasteiger partial charge in [-0.3, -0.25) is 0 Å². The lowest BCUT2D eigenvalue weighted by molar-refractivity contribution is 0.324. The maximum atomic E-state index is 9.61. The van der Waals surface area contributed by atoms with E-state index in [4.69, 9.17) is 23.7 Å². The predicted octanol–water partition coefficient (Wildman–Crippen LogP) is 3.79. The summed E-state index contributed by atoms with van der Waals surface area (Å²) in [6, 6.07) is 11.1. The van der Waals surface area contributed by atoms with Crippen molar-refractivity contribution in [3.8, 4) is 34.8 Å². The quantitative estimate of drug-likeness (QED) is 0.556. The summed E-state index contributed by atoms with van der Waals surface area (Å²) < 4.78 is 26.6. The number of nitrogens with zero attached hydrogens (tertiary/aromatic N) is 1. The Morgan fingerprint density at radius 3 is 1.81 bits per heavy atom. The lowest BCUT2D eigenvalue weighted by atomic mass is 10.0. The third kappa shape index (κ3) is 3.83. The van der Waals surface area contributed by atoms with Crippen molar-refractivity contribution in [3.63, 3.8) is 0 Å². The van der Waals surface area contributed by atoms with E-state index in [1.165, 1.54) is 0 Å². The largest absolute Gasteiger partial charge is 0.493 e. The molecule has 0 fully saturated rings. The van der Waals surface area contributed by atoms with E-state index in [2.05, 4.69) is 6.07 Å². The van der Waals surface area contributed by atoms with E-state index in [0.29, 0.717) is 39.9 Å². The highest BCUT2D eigenvalue weighted by Crippen LogP contribution is 2.39. The van der Waals surface area contributed by atoms with E-state index in [9.17, 15) is 5.26 Å². The first-order valence-electron chi connectivity index (χ1n) is 7.76. The van der Waals surface area contributed by atoms with Crippen LogP contribution in [0.3, 0.4) is 0 Å². The highest BCUT2D eigenvalue weighted by atomic mass is 16.5. The lowest BCUT2D eigenvalue weighted by Gasteiger charge is -2.13. The van der Waals surface area contributed by atoms with Gasteiger partial charge in [-0.2, -0.15) is 5.26 Å². The van der Waals surface area contributed by atoms with Gasteiger partial charge in [-0.05, 0) is 47.5 Å². The summed E-state index contributed by atoms with van der Waals surface area (Å²) in [6.45, 7) is 0. The van der Waals surface area contributed by atoms with E-state index in [1.807, 2.05) is 0 Å². The maximum Gasteiger partial charge on any atom is 0.203 e. The topological polar surface area (TPSA) is 69.9 Å². The molecule has 2 rings (SSSR count). The maximum absolute atomic E-state index is 9.61. The molecule has 0 saturated carbocycles.